The molecule has 0 radical (unpaired) electrons. The lowest BCUT2D eigenvalue weighted by molar-refractivity contribution is -0.121. The zero-order chi connectivity index (χ0) is 12.7. The third-order valence-electron chi connectivity index (χ3n) is 1.86. The maximum Gasteiger partial charge on any atom is 0.378 e. The van der Waals surface area contributed by atoms with E-state index in [4.69, 9.17) is 4.74 Å². The Balaban J connectivity index is 2.62. The number of ether oxygens (including phenoxy) is 1. The minimum atomic E-state index is -0.638. The summed E-state index contributed by atoms with van der Waals surface area (Å²) in [5, 5.41) is 13.1. The van der Waals surface area contributed by atoms with Crippen molar-refractivity contribution in [2.45, 2.75) is 26.8 Å². The molecule has 8 heteroatoms. The Morgan fingerprint density at radius 2 is 2.18 bits per heavy atom. The Kier molecular flexibility index (Phi) is 5.05. The number of amides is 1. The maximum absolute atomic E-state index is 11.4. The predicted octanol–water partition coefficient (Wildman–Crippen LogP) is -0.624. The van der Waals surface area contributed by atoms with Crippen LogP contribution in [0.2, 0.25) is 0 Å². The quantitative estimate of drug-likeness (QED) is 0.666. The predicted molar refractivity (Wildman–Crippen MR) is 57.1 cm³/mol. The van der Waals surface area contributed by atoms with Crippen molar-refractivity contribution in [1.29, 1.82) is 0 Å². The number of nitrogens with zero attached hydrogens (tertiary/aromatic N) is 4. The van der Waals surface area contributed by atoms with Crippen LogP contribution in [-0.2, 0) is 16.1 Å². The third-order valence-corrected chi connectivity index (χ3v) is 1.86. The fourth-order valence-electron chi connectivity index (χ4n) is 1.11. The van der Waals surface area contributed by atoms with Crippen molar-refractivity contribution >= 4 is 11.9 Å². The molecule has 17 heavy (non-hydrogen) atoms. The summed E-state index contributed by atoms with van der Waals surface area (Å²) in [6.45, 7) is 4.34. The van der Waals surface area contributed by atoms with E-state index in [1.54, 1.807) is 6.92 Å². The van der Waals surface area contributed by atoms with E-state index in [2.05, 4.69) is 20.8 Å². The van der Waals surface area contributed by atoms with Crippen LogP contribution in [0.4, 0.5) is 0 Å². The third kappa shape index (κ3) is 3.82. The van der Waals surface area contributed by atoms with E-state index >= 15 is 0 Å². The number of tetrazole rings is 1. The first-order valence-electron chi connectivity index (χ1n) is 5.39. The van der Waals surface area contributed by atoms with Gasteiger partial charge in [0.1, 0.15) is 6.54 Å². The van der Waals surface area contributed by atoms with Crippen LogP contribution in [0.15, 0.2) is 0 Å². The van der Waals surface area contributed by atoms with Gasteiger partial charge in [-0.2, -0.15) is 0 Å². The van der Waals surface area contributed by atoms with E-state index in [9.17, 15) is 9.59 Å². The van der Waals surface area contributed by atoms with Crippen molar-refractivity contribution in [3.8, 4) is 0 Å². The molecule has 0 aromatic carbocycles. The second kappa shape index (κ2) is 6.56. The van der Waals surface area contributed by atoms with Gasteiger partial charge in [0.05, 0.1) is 6.61 Å². The van der Waals surface area contributed by atoms with Gasteiger partial charge in [-0.3, -0.25) is 4.79 Å². The summed E-state index contributed by atoms with van der Waals surface area (Å²) in [5.74, 6) is -0.955. The lowest BCUT2D eigenvalue weighted by Crippen LogP contribution is -2.30. The van der Waals surface area contributed by atoms with Crippen molar-refractivity contribution in [2.24, 2.45) is 0 Å². The van der Waals surface area contributed by atoms with Gasteiger partial charge in [-0.05, 0) is 23.8 Å². The van der Waals surface area contributed by atoms with E-state index in [-0.39, 0.29) is 24.9 Å². The van der Waals surface area contributed by atoms with Crippen LogP contribution in [0.5, 0.6) is 0 Å². The van der Waals surface area contributed by atoms with Crippen LogP contribution in [0.25, 0.3) is 0 Å². The molecule has 0 atom stereocenters. The average molecular weight is 241 g/mol. The molecule has 0 saturated carbocycles. The van der Waals surface area contributed by atoms with E-state index in [1.165, 1.54) is 0 Å². The number of nitrogens with one attached hydrogen (secondary N) is 1. The number of carbonyl (C=O) groups is 2. The van der Waals surface area contributed by atoms with Crippen LogP contribution >= 0.6 is 0 Å². The largest absolute Gasteiger partial charge is 0.460 e. The molecule has 1 N–H and O–H groups in total. The van der Waals surface area contributed by atoms with Crippen LogP contribution in [0.3, 0.4) is 0 Å². The number of esters is 1. The molecule has 0 spiro atoms. The normalized spacial score (nSPS) is 10.0. The standard InChI is InChI=1S/C9H15N5O3/c1-3-5-10-7(15)6-14-8(11-12-13-14)9(16)17-4-2/h3-6H2,1-2H3,(H,10,15). The van der Waals surface area contributed by atoms with Gasteiger partial charge in [0.2, 0.25) is 5.91 Å². The van der Waals surface area contributed by atoms with E-state index in [0.29, 0.717) is 6.54 Å². The molecular formula is C9H15N5O3. The molecule has 1 rings (SSSR count). The highest BCUT2D eigenvalue weighted by Gasteiger charge is 2.18. The van der Waals surface area contributed by atoms with Crippen LogP contribution in [0.1, 0.15) is 30.9 Å². The molecule has 8 nitrogen and oxygen atoms in total. The van der Waals surface area contributed by atoms with Crippen molar-refractivity contribution in [3.63, 3.8) is 0 Å². The minimum Gasteiger partial charge on any atom is -0.460 e. The second-order valence-corrected chi connectivity index (χ2v) is 3.23. The number of aromatic nitrogens is 4. The maximum atomic E-state index is 11.4. The monoisotopic (exact) mass is 241 g/mol. The molecule has 1 aromatic heterocycles. The molecule has 0 saturated heterocycles. The summed E-state index contributed by atoms with van der Waals surface area (Å²) in [5.41, 5.74) is 0. The molecule has 0 fully saturated rings. The Hall–Kier alpha value is -1.99. The van der Waals surface area contributed by atoms with E-state index in [1.807, 2.05) is 6.92 Å². The molecule has 0 aliphatic rings. The van der Waals surface area contributed by atoms with Gasteiger partial charge in [-0.25, -0.2) is 9.48 Å². The first-order valence-corrected chi connectivity index (χ1v) is 5.39. The first-order chi connectivity index (χ1) is 8.19. The van der Waals surface area contributed by atoms with Crippen molar-refractivity contribution in [1.82, 2.24) is 25.5 Å². The minimum absolute atomic E-state index is 0.0708. The topological polar surface area (TPSA) is 99.0 Å². The molecule has 1 heterocycles. The van der Waals surface area contributed by atoms with Crippen LogP contribution < -0.4 is 5.32 Å². The van der Waals surface area contributed by atoms with Gasteiger partial charge in [-0.1, -0.05) is 6.92 Å². The Bertz CT molecular complexity index is 390. The van der Waals surface area contributed by atoms with E-state index < -0.39 is 5.97 Å². The molecule has 1 aromatic rings. The Morgan fingerprint density at radius 3 is 2.82 bits per heavy atom. The van der Waals surface area contributed by atoms with Gasteiger partial charge < -0.3 is 10.1 Å². The molecule has 0 aliphatic carbocycles. The zero-order valence-corrected chi connectivity index (χ0v) is 9.84. The van der Waals surface area contributed by atoms with Crippen molar-refractivity contribution in [3.05, 3.63) is 5.82 Å². The SMILES string of the molecule is CCCNC(=O)Cn1nnnc1C(=O)OCC. The molecule has 0 unspecified atom stereocenters. The highest BCUT2D eigenvalue weighted by atomic mass is 16.5. The Morgan fingerprint density at radius 1 is 1.41 bits per heavy atom. The molecule has 0 aliphatic heterocycles. The fraction of sp³-hybridized carbons (Fsp3) is 0.667. The summed E-state index contributed by atoms with van der Waals surface area (Å²) in [4.78, 5) is 22.8. The highest BCUT2D eigenvalue weighted by Crippen LogP contribution is 1.95. The van der Waals surface area contributed by atoms with Gasteiger partial charge in [-0.15, -0.1) is 5.10 Å². The smallest absolute Gasteiger partial charge is 0.378 e. The number of carbonyl (C=O) groups excluding carboxylic acids is 2. The average Bonchev–Trinajstić information content (AvgIpc) is 2.75. The van der Waals surface area contributed by atoms with Crippen LogP contribution in [-0.4, -0.2) is 45.2 Å². The van der Waals surface area contributed by atoms with Gasteiger partial charge in [0.15, 0.2) is 0 Å². The van der Waals surface area contributed by atoms with Crippen LogP contribution in [0, 0.1) is 0 Å². The zero-order valence-electron chi connectivity index (χ0n) is 9.84. The number of hydrogen-bond acceptors (Lipinski definition) is 6. The second-order valence-electron chi connectivity index (χ2n) is 3.23. The summed E-state index contributed by atoms with van der Waals surface area (Å²) < 4.78 is 5.87. The highest BCUT2D eigenvalue weighted by molar-refractivity contribution is 5.86. The fourth-order valence-corrected chi connectivity index (χ4v) is 1.11. The summed E-state index contributed by atoms with van der Waals surface area (Å²) >= 11 is 0. The van der Waals surface area contributed by atoms with Gasteiger partial charge in [0.25, 0.3) is 5.82 Å². The lowest BCUT2D eigenvalue weighted by atomic mass is 10.4. The Labute approximate surface area is 98.3 Å². The van der Waals surface area contributed by atoms with Crippen molar-refractivity contribution in [2.75, 3.05) is 13.2 Å². The first kappa shape index (κ1) is 13.1. The molecule has 1 amide bonds. The summed E-state index contributed by atoms with van der Waals surface area (Å²) in [6, 6.07) is 0. The number of rotatable bonds is 6. The molecular weight excluding hydrogens is 226 g/mol. The van der Waals surface area contributed by atoms with Crippen molar-refractivity contribution < 1.29 is 14.3 Å². The molecule has 94 valence electrons. The number of hydrogen-bond donors (Lipinski definition) is 1. The summed E-state index contributed by atoms with van der Waals surface area (Å²) in [7, 11) is 0. The van der Waals surface area contributed by atoms with Gasteiger partial charge in [0, 0.05) is 6.54 Å². The van der Waals surface area contributed by atoms with Gasteiger partial charge >= 0.3 is 5.97 Å². The van der Waals surface area contributed by atoms with E-state index in [0.717, 1.165) is 11.1 Å². The summed E-state index contributed by atoms with van der Waals surface area (Å²) in [6.07, 6.45) is 0.839. The lowest BCUT2D eigenvalue weighted by Gasteiger charge is -2.04. The molecule has 0 bridgehead atoms.